The summed E-state index contributed by atoms with van der Waals surface area (Å²) >= 11 is 6.08. The predicted molar refractivity (Wildman–Crippen MR) is 97.5 cm³/mol. The van der Waals surface area contributed by atoms with Crippen LogP contribution in [-0.2, 0) is 17.5 Å². The molecule has 144 valence electrons. The van der Waals surface area contributed by atoms with E-state index in [-0.39, 0.29) is 11.8 Å². The predicted octanol–water partition coefficient (Wildman–Crippen LogP) is 4.29. The molecule has 0 spiro atoms. The first-order valence-corrected chi connectivity index (χ1v) is 9.01. The number of rotatable bonds is 4. The molecule has 0 radical (unpaired) electrons. The van der Waals surface area contributed by atoms with Gasteiger partial charge in [-0.15, -0.1) is 0 Å². The highest BCUT2D eigenvalue weighted by Gasteiger charge is 2.31. The Labute approximate surface area is 160 Å². The van der Waals surface area contributed by atoms with Crippen LogP contribution >= 0.6 is 11.6 Å². The molecule has 4 nitrogen and oxygen atoms in total. The van der Waals surface area contributed by atoms with Gasteiger partial charge >= 0.3 is 6.18 Å². The summed E-state index contributed by atoms with van der Waals surface area (Å²) in [5.74, 6) is 0.339. The lowest BCUT2D eigenvalue weighted by molar-refractivity contribution is -0.137. The molecule has 27 heavy (non-hydrogen) atoms. The van der Waals surface area contributed by atoms with Gasteiger partial charge in [-0.25, -0.2) is 4.98 Å². The maximum Gasteiger partial charge on any atom is 0.417 e. The van der Waals surface area contributed by atoms with Crippen molar-refractivity contribution < 1.29 is 18.0 Å². The van der Waals surface area contributed by atoms with Crippen molar-refractivity contribution in [3.8, 4) is 0 Å². The van der Waals surface area contributed by atoms with Gasteiger partial charge in [0, 0.05) is 36.8 Å². The largest absolute Gasteiger partial charge is 0.417 e. The summed E-state index contributed by atoms with van der Waals surface area (Å²) in [4.78, 5) is 18.2. The molecule has 2 heterocycles. The van der Waals surface area contributed by atoms with Crippen LogP contribution in [0.1, 0.15) is 24.0 Å². The van der Waals surface area contributed by atoms with E-state index < -0.39 is 11.7 Å². The van der Waals surface area contributed by atoms with Crippen LogP contribution in [0.15, 0.2) is 42.6 Å². The number of alkyl halides is 3. The number of aromatic nitrogens is 1. The van der Waals surface area contributed by atoms with Gasteiger partial charge in [-0.2, -0.15) is 13.2 Å². The molecule has 0 unspecified atom stereocenters. The third-order valence-electron chi connectivity index (χ3n) is 4.68. The molecule has 1 saturated heterocycles. The number of piperidine rings is 1. The normalized spacial score (nSPS) is 15.6. The minimum absolute atomic E-state index is 0.0325. The average Bonchev–Trinajstić information content (AvgIpc) is 2.67. The van der Waals surface area contributed by atoms with Crippen molar-refractivity contribution in [1.29, 1.82) is 0 Å². The van der Waals surface area contributed by atoms with Gasteiger partial charge in [0.05, 0.1) is 5.56 Å². The maximum atomic E-state index is 12.6. The maximum absolute atomic E-state index is 12.6. The molecular formula is C19H19ClF3N3O. The Morgan fingerprint density at radius 2 is 1.89 bits per heavy atom. The first-order chi connectivity index (χ1) is 12.8. The van der Waals surface area contributed by atoms with Crippen molar-refractivity contribution in [1.82, 2.24) is 10.3 Å². The Morgan fingerprint density at radius 3 is 2.48 bits per heavy atom. The van der Waals surface area contributed by atoms with E-state index in [0.29, 0.717) is 43.3 Å². The van der Waals surface area contributed by atoms with Gasteiger partial charge in [0.2, 0.25) is 5.91 Å². The Morgan fingerprint density at radius 1 is 1.19 bits per heavy atom. The van der Waals surface area contributed by atoms with Gasteiger partial charge in [-0.3, -0.25) is 4.79 Å². The molecule has 1 fully saturated rings. The summed E-state index contributed by atoms with van der Waals surface area (Å²) in [6.45, 7) is 1.52. The zero-order valence-electron chi connectivity index (χ0n) is 14.5. The first kappa shape index (κ1) is 19.5. The van der Waals surface area contributed by atoms with Crippen LogP contribution in [0.5, 0.6) is 0 Å². The molecule has 1 N–H and O–H groups in total. The van der Waals surface area contributed by atoms with Crippen LogP contribution < -0.4 is 10.2 Å². The third kappa shape index (κ3) is 4.91. The van der Waals surface area contributed by atoms with Gasteiger partial charge in [0.1, 0.15) is 5.82 Å². The highest BCUT2D eigenvalue weighted by atomic mass is 35.5. The van der Waals surface area contributed by atoms with E-state index in [1.54, 1.807) is 6.07 Å². The monoisotopic (exact) mass is 397 g/mol. The summed E-state index contributed by atoms with van der Waals surface area (Å²) in [7, 11) is 0. The Bertz CT molecular complexity index is 788. The van der Waals surface area contributed by atoms with Gasteiger partial charge < -0.3 is 10.2 Å². The van der Waals surface area contributed by atoms with Crippen molar-refractivity contribution in [2.24, 2.45) is 5.92 Å². The smallest absolute Gasteiger partial charge is 0.357 e. The van der Waals surface area contributed by atoms with Crippen LogP contribution in [0.25, 0.3) is 0 Å². The summed E-state index contributed by atoms with van der Waals surface area (Å²) in [6.07, 6.45) is -2.30. The minimum atomic E-state index is -4.39. The van der Waals surface area contributed by atoms with E-state index in [0.717, 1.165) is 17.8 Å². The quantitative estimate of drug-likeness (QED) is 0.837. The molecule has 1 aromatic carbocycles. The second-order valence-corrected chi connectivity index (χ2v) is 6.88. The third-order valence-corrected chi connectivity index (χ3v) is 5.04. The van der Waals surface area contributed by atoms with Crippen LogP contribution in [0.3, 0.4) is 0 Å². The molecule has 0 saturated carbocycles. The van der Waals surface area contributed by atoms with E-state index in [1.807, 2.05) is 23.1 Å². The standard InChI is InChI=1S/C19H19ClF3N3O/c20-16-4-2-1-3-14(16)11-25-18(27)13-7-9-26(10-8-13)17-6-5-15(12-24-17)19(21,22)23/h1-6,12-13H,7-11H2,(H,25,27). The molecule has 3 rings (SSSR count). The van der Waals surface area contributed by atoms with Gasteiger partial charge in [0.25, 0.3) is 0 Å². The fraction of sp³-hybridized carbons (Fsp3) is 0.368. The van der Waals surface area contributed by atoms with E-state index >= 15 is 0 Å². The highest BCUT2D eigenvalue weighted by Crippen LogP contribution is 2.30. The van der Waals surface area contributed by atoms with E-state index in [9.17, 15) is 18.0 Å². The molecule has 1 aliphatic heterocycles. The lowest BCUT2D eigenvalue weighted by Crippen LogP contribution is -2.40. The lowest BCUT2D eigenvalue weighted by atomic mass is 9.95. The molecule has 0 atom stereocenters. The number of anilines is 1. The number of amides is 1. The topological polar surface area (TPSA) is 45.2 Å². The zero-order valence-corrected chi connectivity index (χ0v) is 15.2. The number of nitrogens with zero attached hydrogens (tertiary/aromatic N) is 2. The first-order valence-electron chi connectivity index (χ1n) is 8.64. The molecule has 8 heteroatoms. The number of carbonyl (C=O) groups is 1. The summed E-state index contributed by atoms with van der Waals surface area (Å²) in [6, 6.07) is 9.74. The highest BCUT2D eigenvalue weighted by molar-refractivity contribution is 6.31. The van der Waals surface area contributed by atoms with Crippen molar-refractivity contribution in [3.05, 3.63) is 58.7 Å². The molecule has 1 amide bonds. The summed E-state index contributed by atoms with van der Waals surface area (Å²) in [5, 5.41) is 3.52. The summed E-state index contributed by atoms with van der Waals surface area (Å²) in [5.41, 5.74) is 0.0963. The number of pyridine rings is 1. The lowest BCUT2D eigenvalue weighted by Gasteiger charge is -2.32. The molecule has 0 aliphatic carbocycles. The molecule has 2 aromatic rings. The molecule has 1 aromatic heterocycles. The van der Waals surface area contributed by atoms with E-state index in [1.165, 1.54) is 6.07 Å². The van der Waals surface area contributed by atoms with Gasteiger partial charge in [0.15, 0.2) is 0 Å². The second-order valence-electron chi connectivity index (χ2n) is 6.47. The van der Waals surface area contributed by atoms with Gasteiger partial charge in [-0.05, 0) is 36.6 Å². The van der Waals surface area contributed by atoms with Crippen LogP contribution in [-0.4, -0.2) is 24.0 Å². The zero-order chi connectivity index (χ0) is 19.4. The Balaban J connectivity index is 1.51. The number of hydrogen-bond acceptors (Lipinski definition) is 3. The van der Waals surface area contributed by atoms with Crippen LogP contribution in [0.2, 0.25) is 5.02 Å². The van der Waals surface area contributed by atoms with Crippen molar-refractivity contribution in [2.45, 2.75) is 25.6 Å². The molecule has 0 bridgehead atoms. The molecule has 1 aliphatic rings. The number of benzene rings is 1. The van der Waals surface area contributed by atoms with Gasteiger partial charge in [-0.1, -0.05) is 29.8 Å². The summed E-state index contributed by atoms with van der Waals surface area (Å²) < 4.78 is 37.8. The number of hydrogen-bond donors (Lipinski definition) is 1. The van der Waals surface area contributed by atoms with E-state index in [2.05, 4.69) is 10.3 Å². The average molecular weight is 398 g/mol. The number of carbonyl (C=O) groups excluding carboxylic acids is 1. The second kappa shape index (κ2) is 8.17. The molecular weight excluding hydrogens is 379 g/mol. The van der Waals surface area contributed by atoms with Crippen LogP contribution in [0.4, 0.5) is 19.0 Å². The minimum Gasteiger partial charge on any atom is -0.357 e. The van der Waals surface area contributed by atoms with Crippen molar-refractivity contribution in [2.75, 3.05) is 18.0 Å². The SMILES string of the molecule is O=C(NCc1ccccc1Cl)C1CCN(c2ccc(C(F)(F)F)cn2)CC1. The number of nitrogens with one attached hydrogen (secondary N) is 1. The van der Waals surface area contributed by atoms with Crippen LogP contribution in [0, 0.1) is 5.92 Å². The number of halogens is 4. The van der Waals surface area contributed by atoms with Crippen molar-refractivity contribution >= 4 is 23.3 Å². The Kier molecular flexibility index (Phi) is 5.89. The van der Waals surface area contributed by atoms with Crippen molar-refractivity contribution in [3.63, 3.8) is 0 Å². The fourth-order valence-electron chi connectivity index (χ4n) is 3.08. The van der Waals surface area contributed by atoms with E-state index in [4.69, 9.17) is 11.6 Å². The fourth-order valence-corrected chi connectivity index (χ4v) is 3.28. The Hall–Kier alpha value is -2.28.